The van der Waals surface area contributed by atoms with E-state index in [1.54, 1.807) is 16.8 Å². The molecule has 0 spiro atoms. The topological polar surface area (TPSA) is 40.6 Å². The number of anilines is 1. The van der Waals surface area contributed by atoms with Gasteiger partial charge in [-0.3, -0.25) is 9.59 Å². The van der Waals surface area contributed by atoms with Crippen LogP contribution in [0.1, 0.15) is 9.67 Å². The summed E-state index contributed by atoms with van der Waals surface area (Å²) in [6.07, 6.45) is 0. The number of carbonyl (C=O) groups is 2. The quantitative estimate of drug-likeness (QED) is 0.874. The molecule has 0 unspecified atom stereocenters. The Hall–Kier alpha value is -2.14. The van der Waals surface area contributed by atoms with E-state index in [1.165, 1.54) is 11.3 Å². The number of likely N-dealkylation sites (tertiary alicyclic amines) is 1. The van der Waals surface area contributed by atoms with Gasteiger partial charge in [-0.05, 0) is 23.6 Å². The summed E-state index contributed by atoms with van der Waals surface area (Å²) in [7, 11) is 1.78. The van der Waals surface area contributed by atoms with Crippen LogP contribution in [0.15, 0.2) is 47.8 Å². The summed E-state index contributed by atoms with van der Waals surface area (Å²) in [6, 6.07) is 13.2. The van der Waals surface area contributed by atoms with E-state index in [-0.39, 0.29) is 17.7 Å². The minimum Gasteiger partial charge on any atom is -0.336 e. The molecule has 0 bridgehead atoms. The number of nitrogens with zero attached hydrogens (tertiary/aromatic N) is 2. The van der Waals surface area contributed by atoms with Gasteiger partial charge in [-0.2, -0.15) is 0 Å². The van der Waals surface area contributed by atoms with Crippen molar-refractivity contribution < 1.29 is 9.59 Å². The van der Waals surface area contributed by atoms with E-state index in [1.807, 2.05) is 47.8 Å². The smallest absolute Gasteiger partial charge is 0.263 e. The van der Waals surface area contributed by atoms with Crippen molar-refractivity contribution in [3.63, 3.8) is 0 Å². The second-order valence-electron chi connectivity index (χ2n) is 5.12. The molecule has 108 valence electrons. The number of para-hydroxylation sites is 1. The van der Waals surface area contributed by atoms with E-state index in [9.17, 15) is 9.59 Å². The molecular formula is C16H16N2O2S. The molecule has 0 radical (unpaired) electrons. The first-order valence-electron chi connectivity index (χ1n) is 6.82. The van der Waals surface area contributed by atoms with Gasteiger partial charge in [0.1, 0.15) is 0 Å². The fourth-order valence-corrected chi connectivity index (χ4v) is 3.10. The van der Waals surface area contributed by atoms with Gasteiger partial charge in [0, 0.05) is 25.8 Å². The molecule has 21 heavy (non-hydrogen) atoms. The zero-order valence-electron chi connectivity index (χ0n) is 11.7. The van der Waals surface area contributed by atoms with Crippen LogP contribution in [-0.4, -0.2) is 36.9 Å². The maximum Gasteiger partial charge on any atom is 0.263 e. The van der Waals surface area contributed by atoms with Gasteiger partial charge in [-0.15, -0.1) is 11.3 Å². The van der Waals surface area contributed by atoms with Gasteiger partial charge in [0.15, 0.2) is 0 Å². The Bertz CT molecular complexity index is 634. The maximum absolute atomic E-state index is 12.4. The lowest BCUT2D eigenvalue weighted by atomic mass is 9.98. The van der Waals surface area contributed by atoms with Crippen LogP contribution in [0.5, 0.6) is 0 Å². The van der Waals surface area contributed by atoms with Crippen molar-refractivity contribution in [2.45, 2.75) is 0 Å². The first kappa shape index (κ1) is 13.8. The fourth-order valence-electron chi connectivity index (χ4n) is 2.41. The number of thiophene rings is 1. The summed E-state index contributed by atoms with van der Waals surface area (Å²) >= 11 is 1.43. The highest BCUT2D eigenvalue weighted by molar-refractivity contribution is 7.12. The van der Waals surface area contributed by atoms with Crippen molar-refractivity contribution >= 4 is 28.8 Å². The molecular weight excluding hydrogens is 284 g/mol. The highest BCUT2D eigenvalue weighted by Gasteiger charge is 2.37. The molecule has 2 heterocycles. The second-order valence-corrected chi connectivity index (χ2v) is 6.06. The molecule has 4 nitrogen and oxygen atoms in total. The van der Waals surface area contributed by atoms with Crippen LogP contribution in [0.3, 0.4) is 0 Å². The zero-order chi connectivity index (χ0) is 14.8. The number of benzene rings is 1. The standard InChI is InChI=1S/C16H16N2O2S/c1-17(13-6-3-2-4-7-13)15(19)12-10-18(11-12)16(20)14-8-5-9-21-14/h2-9,12H,10-11H2,1H3. The summed E-state index contributed by atoms with van der Waals surface area (Å²) in [5.41, 5.74) is 0.880. The number of amides is 2. The monoisotopic (exact) mass is 300 g/mol. The average Bonchev–Trinajstić information content (AvgIpc) is 2.99. The van der Waals surface area contributed by atoms with Crippen LogP contribution in [0.25, 0.3) is 0 Å². The Labute approximate surface area is 127 Å². The van der Waals surface area contributed by atoms with Crippen molar-refractivity contribution in [1.82, 2.24) is 4.90 Å². The first-order chi connectivity index (χ1) is 10.2. The molecule has 0 atom stereocenters. The number of hydrogen-bond acceptors (Lipinski definition) is 3. The van der Waals surface area contributed by atoms with Crippen LogP contribution in [0, 0.1) is 5.92 Å². The third-order valence-corrected chi connectivity index (χ3v) is 4.58. The maximum atomic E-state index is 12.4. The molecule has 1 aliphatic rings. The first-order valence-corrected chi connectivity index (χ1v) is 7.70. The Morgan fingerprint density at radius 3 is 2.48 bits per heavy atom. The molecule has 1 aromatic carbocycles. The van der Waals surface area contributed by atoms with Crippen molar-refractivity contribution in [2.75, 3.05) is 25.0 Å². The van der Waals surface area contributed by atoms with Gasteiger partial charge in [-0.1, -0.05) is 24.3 Å². The van der Waals surface area contributed by atoms with Gasteiger partial charge in [0.25, 0.3) is 5.91 Å². The molecule has 1 aromatic heterocycles. The molecule has 2 amide bonds. The van der Waals surface area contributed by atoms with E-state index in [4.69, 9.17) is 0 Å². The predicted octanol–water partition coefficient (Wildman–Crippen LogP) is 2.48. The molecule has 1 aliphatic heterocycles. The van der Waals surface area contributed by atoms with Gasteiger partial charge in [-0.25, -0.2) is 0 Å². The van der Waals surface area contributed by atoms with E-state index in [2.05, 4.69) is 0 Å². The van der Waals surface area contributed by atoms with Crippen molar-refractivity contribution in [3.8, 4) is 0 Å². The van der Waals surface area contributed by atoms with Crippen LogP contribution >= 0.6 is 11.3 Å². The van der Waals surface area contributed by atoms with E-state index >= 15 is 0 Å². The van der Waals surface area contributed by atoms with E-state index < -0.39 is 0 Å². The summed E-state index contributed by atoms with van der Waals surface area (Å²) < 4.78 is 0. The lowest BCUT2D eigenvalue weighted by Gasteiger charge is -2.39. The molecule has 0 saturated carbocycles. The van der Waals surface area contributed by atoms with Gasteiger partial charge < -0.3 is 9.80 Å². The third kappa shape index (κ3) is 2.69. The lowest BCUT2D eigenvalue weighted by molar-refractivity contribution is -0.125. The highest BCUT2D eigenvalue weighted by atomic mass is 32.1. The Morgan fingerprint density at radius 1 is 1.14 bits per heavy atom. The molecule has 3 rings (SSSR count). The van der Waals surface area contributed by atoms with Crippen LogP contribution in [-0.2, 0) is 4.79 Å². The zero-order valence-corrected chi connectivity index (χ0v) is 12.5. The average molecular weight is 300 g/mol. The Morgan fingerprint density at radius 2 is 1.86 bits per heavy atom. The van der Waals surface area contributed by atoms with Crippen molar-refractivity contribution in [2.24, 2.45) is 5.92 Å². The number of hydrogen-bond donors (Lipinski definition) is 0. The van der Waals surface area contributed by atoms with Gasteiger partial charge >= 0.3 is 0 Å². The number of carbonyl (C=O) groups excluding carboxylic acids is 2. The molecule has 1 fully saturated rings. The van der Waals surface area contributed by atoms with Gasteiger partial charge in [0.2, 0.25) is 5.91 Å². The second kappa shape index (κ2) is 5.69. The summed E-state index contributed by atoms with van der Waals surface area (Å²) in [5, 5.41) is 1.89. The molecule has 1 saturated heterocycles. The molecule has 5 heteroatoms. The summed E-state index contributed by atoms with van der Waals surface area (Å²) in [5.74, 6) is -0.00744. The highest BCUT2D eigenvalue weighted by Crippen LogP contribution is 2.24. The Kier molecular flexibility index (Phi) is 3.75. The van der Waals surface area contributed by atoms with Crippen LogP contribution < -0.4 is 4.90 Å². The normalized spacial score (nSPS) is 14.6. The number of rotatable bonds is 3. The van der Waals surface area contributed by atoms with E-state index in [0.29, 0.717) is 13.1 Å². The van der Waals surface area contributed by atoms with E-state index in [0.717, 1.165) is 10.6 Å². The largest absolute Gasteiger partial charge is 0.336 e. The summed E-state index contributed by atoms with van der Waals surface area (Å²) in [4.78, 5) is 28.6. The van der Waals surface area contributed by atoms with Crippen molar-refractivity contribution in [1.29, 1.82) is 0 Å². The third-order valence-electron chi connectivity index (χ3n) is 3.72. The predicted molar refractivity (Wildman–Crippen MR) is 83.6 cm³/mol. The molecule has 0 aliphatic carbocycles. The minimum absolute atomic E-state index is 0.0245. The molecule has 2 aromatic rings. The van der Waals surface area contributed by atoms with Crippen LogP contribution in [0.4, 0.5) is 5.69 Å². The van der Waals surface area contributed by atoms with Crippen molar-refractivity contribution in [3.05, 3.63) is 52.7 Å². The lowest BCUT2D eigenvalue weighted by Crippen LogP contribution is -2.55. The van der Waals surface area contributed by atoms with Gasteiger partial charge in [0.05, 0.1) is 10.8 Å². The van der Waals surface area contributed by atoms with Crippen LogP contribution in [0.2, 0.25) is 0 Å². The SMILES string of the molecule is CN(C(=O)C1CN(C(=O)c2cccs2)C1)c1ccccc1. The Balaban J connectivity index is 1.59. The minimum atomic E-state index is -0.0980. The fraction of sp³-hybridized carbons (Fsp3) is 0.250. The molecule has 0 N–H and O–H groups in total. The summed E-state index contributed by atoms with van der Waals surface area (Å²) in [6.45, 7) is 1.01.